The highest BCUT2D eigenvalue weighted by molar-refractivity contribution is 6.18. The minimum absolute atomic E-state index is 1.16. The Morgan fingerprint density at radius 1 is 0.514 bits per heavy atom. The third-order valence-corrected chi connectivity index (χ3v) is 7.37. The zero-order valence-electron chi connectivity index (χ0n) is 20.7. The normalized spacial score (nSPS) is 11.4. The minimum atomic E-state index is 1.16. The van der Waals surface area contributed by atoms with Crippen LogP contribution in [-0.2, 0) is 0 Å². The average Bonchev–Trinajstić information content (AvgIpc) is 3.30. The molecular formula is C35H26N2. The highest BCUT2D eigenvalue weighted by atomic mass is 15.1. The molecule has 0 bridgehead atoms. The van der Waals surface area contributed by atoms with E-state index in [0.29, 0.717) is 0 Å². The lowest BCUT2D eigenvalue weighted by atomic mass is 10.0. The molecule has 0 aliphatic carbocycles. The van der Waals surface area contributed by atoms with Gasteiger partial charge in [-0.25, -0.2) is 0 Å². The van der Waals surface area contributed by atoms with E-state index in [2.05, 4.69) is 156 Å². The summed E-state index contributed by atoms with van der Waals surface area (Å²) in [7, 11) is 2.16. The molecule has 0 unspecified atom stereocenters. The number of rotatable bonds is 4. The molecule has 37 heavy (non-hydrogen) atoms. The second-order valence-corrected chi connectivity index (χ2v) is 9.53. The van der Waals surface area contributed by atoms with Crippen LogP contribution in [0.25, 0.3) is 49.4 Å². The van der Waals surface area contributed by atoms with Crippen molar-refractivity contribution in [3.8, 4) is 16.8 Å². The maximum atomic E-state index is 2.41. The summed E-state index contributed by atoms with van der Waals surface area (Å²) < 4.78 is 2.41. The molecule has 0 aliphatic rings. The predicted octanol–water partition coefficient (Wildman–Crippen LogP) is 9.37. The first-order valence-electron chi connectivity index (χ1n) is 12.7. The first-order chi connectivity index (χ1) is 18.3. The van der Waals surface area contributed by atoms with E-state index in [0.717, 1.165) is 5.69 Å². The largest absolute Gasteiger partial charge is 0.344 e. The van der Waals surface area contributed by atoms with E-state index in [1.165, 1.54) is 55.1 Å². The van der Waals surface area contributed by atoms with Gasteiger partial charge in [-0.05, 0) is 70.4 Å². The summed E-state index contributed by atoms with van der Waals surface area (Å²) >= 11 is 0. The molecular weight excluding hydrogens is 448 g/mol. The van der Waals surface area contributed by atoms with E-state index in [1.54, 1.807) is 0 Å². The van der Waals surface area contributed by atoms with Crippen LogP contribution in [0, 0.1) is 0 Å². The summed E-state index contributed by atoms with van der Waals surface area (Å²) in [5.74, 6) is 0. The van der Waals surface area contributed by atoms with Gasteiger partial charge >= 0.3 is 0 Å². The average molecular weight is 475 g/mol. The highest BCUT2D eigenvalue weighted by Crippen LogP contribution is 2.41. The Bertz CT molecular complexity index is 1860. The van der Waals surface area contributed by atoms with Crippen LogP contribution in [0.1, 0.15) is 0 Å². The van der Waals surface area contributed by atoms with E-state index < -0.39 is 0 Å². The summed E-state index contributed by atoms with van der Waals surface area (Å²) in [5.41, 5.74) is 8.41. The number of fused-ring (bicyclic) bond motifs is 4. The molecule has 7 aromatic rings. The molecule has 0 spiro atoms. The predicted molar refractivity (Wildman–Crippen MR) is 158 cm³/mol. The van der Waals surface area contributed by atoms with Gasteiger partial charge in [-0.1, -0.05) is 91.0 Å². The number of benzene rings is 6. The van der Waals surface area contributed by atoms with Crippen LogP contribution in [-0.4, -0.2) is 11.6 Å². The van der Waals surface area contributed by atoms with Gasteiger partial charge in [0.25, 0.3) is 0 Å². The quantitative estimate of drug-likeness (QED) is 0.247. The molecule has 176 valence electrons. The summed E-state index contributed by atoms with van der Waals surface area (Å²) in [6.07, 6.45) is 0. The summed E-state index contributed by atoms with van der Waals surface area (Å²) in [4.78, 5) is 2.29. The lowest BCUT2D eigenvalue weighted by molar-refractivity contribution is 1.18. The Morgan fingerprint density at radius 2 is 1.14 bits per heavy atom. The molecule has 0 aliphatic heterocycles. The zero-order chi connectivity index (χ0) is 24.8. The lowest BCUT2D eigenvalue weighted by Gasteiger charge is -2.21. The highest BCUT2D eigenvalue weighted by Gasteiger charge is 2.18. The smallest absolute Gasteiger partial charge is 0.0562 e. The standard InChI is InChI=1S/C35H26N2/c1-36(29-15-6-3-7-16-29)32-17-10-18-33-35(32)31-23-27-13-8-9-14-28(27)24-34(31)37(33)30-21-19-26(20-22-30)25-11-4-2-5-12-25/h2-24H,1H3. The third-order valence-electron chi connectivity index (χ3n) is 7.37. The van der Waals surface area contributed by atoms with Gasteiger partial charge in [-0.2, -0.15) is 0 Å². The van der Waals surface area contributed by atoms with Crippen molar-refractivity contribution in [2.24, 2.45) is 0 Å². The van der Waals surface area contributed by atoms with Gasteiger partial charge in [0.15, 0.2) is 0 Å². The van der Waals surface area contributed by atoms with Crippen LogP contribution in [0.15, 0.2) is 140 Å². The summed E-state index contributed by atoms with van der Waals surface area (Å²) in [6.45, 7) is 0. The van der Waals surface area contributed by atoms with Crippen molar-refractivity contribution in [3.63, 3.8) is 0 Å². The number of anilines is 2. The fraction of sp³-hybridized carbons (Fsp3) is 0.0286. The van der Waals surface area contributed by atoms with Crippen molar-refractivity contribution in [1.82, 2.24) is 4.57 Å². The van der Waals surface area contributed by atoms with Crippen LogP contribution in [0.4, 0.5) is 11.4 Å². The summed E-state index contributed by atoms with van der Waals surface area (Å²) in [6, 6.07) is 50.0. The number of aromatic nitrogens is 1. The van der Waals surface area contributed by atoms with Crippen LogP contribution < -0.4 is 4.90 Å². The van der Waals surface area contributed by atoms with E-state index in [1.807, 2.05) is 0 Å². The Labute approximate surface area is 216 Å². The second-order valence-electron chi connectivity index (χ2n) is 9.53. The zero-order valence-corrected chi connectivity index (χ0v) is 20.7. The van der Waals surface area contributed by atoms with E-state index in [4.69, 9.17) is 0 Å². The van der Waals surface area contributed by atoms with Crippen LogP contribution in [0.3, 0.4) is 0 Å². The van der Waals surface area contributed by atoms with Crippen LogP contribution >= 0.6 is 0 Å². The van der Waals surface area contributed by atoms with Crippen molar-refractivity contribution < 1.29 is 0 Å². The Kier molecular flexibility index (Phi) is 5.04. The van der Waals surface area contributed by atoms with Crippen LogP contribution in [0.5, 0.6) is 0 Å². The maximum Gasteiger partial charge on any atom is 0.0562 e. The van der Waals surface area contributed by atoms with Crippen LogP contribution in [0.2, 0.25) is 0 Å². The Hall–Kier alpha value is -4.82. The molecule has 1 aromatic heterocycles. The number of nitrogens with zero attached hydrogens (tertiary/aromatic N) is 2. The molecule has 0 saturated heterocycles. The Balaban J connectivity index is 1.51. The van der Waals surface area contributed by atoms with Gasteiger partial charge in [-0.15, -0.1) is 0 Å². The molecule has 6 aromatic carbocycles. The number of para-hydroxylation sites is 1. The minimum Gasteiger partial charge on any atom is -0.344 e. The lowest BCUT2D eigenvalue weighted by Crippen LogP contribution is -2.09. The van der Waals surface area contributed by atoms with Crippen molar-refractivity contribution in [1.29, 1.82) is 0 Å². The monoisotopic (exact) mass is 474 g/mol. The molecule has 7 rings (SSSR count). The van der Waals surface area contributed by atoms with Gasteiger partial charge < -0.3 is 9.47 Å². The first-order valence-corrected chi connectivity index (χ1v) is 12.7. The summed E-state index contributed by atoms with van der Waals surface area (Å²) in [5, 5.41) is 5.03. The fourth-order valence-electron chi connectivity index (χ4n) is 5.52. The van der Waals surface area contributed by atoms with Gasteiger partial charge in [0.05, 0.1) is 16.7 Å². The Morgan fingerprint density at radius 3 is 1.86 bits per heavy atom. The molecule has 1 heterocycles. The van der Waals surface area contributed by atoms with Crippen molar-refractivity contribution >= 4 is 44.0 Å². The molecule has 0 fully saturated rings. The second kappa shape index (κ2) is 8.69. The van der Waals surface area contributed by atoms with Gasteiger partial charge in [-0.3, -0.25) is 0 Å². The SMILES string of the molecule is CN(c1ccccc1)c1cccc2c1c1cc3ccccc3cc1n2-c1ccc(-c2ccccc2)cc1. The maximum absolute atomic E-state index is 2.41. The van der Waals surface area contributed by atoms with E-state index in [-0.39, 0.29) is 0 Å². The topological polar surface area (TPSA) is 8.17 Å². The third kappa shape index (κ3) is 3.57. The van der Waals surface area contributed by atoms with Gasteiger partial charge in [0.1, 0.15) is 0 Å². The number of hydrogen-bond acceptors (Lipinski definition) is 1. The van der Waals surface area contributed by atoms with Gasteiger partial charge in [0.2, 0.25) is 0 Å². The van der Waals surface area contributed by atoms with Crippen molar-refractivity contribution in [3.05, 3.63) is 140 Å². The van der Waals surface area contributed by atoms with Crippen molar-refractivity contribution in [2.45, 2.75) is 0 Å². The fourth-order valence-corrected chi connectivity index (χ4v) is 5.52. The van der Waals surface area contributed by atoms with E-state index in [9.17, 15) is 0 Å². The first kappa shape index (κ1) is 21.5. The molecule has 0 N–H and O–H groups in total. The van der Waals surface area contributed by atoms with E-state index >= 15 is 0 Å². The molecule has 0 radical (unpaired) electrons. The molecule has 0 saturated carbocycles. The van der Waals surface area contributed by atoms with Crippen molar-refractivity contribution in [2.75, 3.05) is 11.9 Å². The van der Waals surface area contributed by atoms with Gasteiger partial charge in [0, 0.05) is 29.2 Å². The molecule has 0 atom stereocenters. The molecule has 2 heteroatoms. The molecule has 0 amide bonds. The number of hydrogen-bond donors (Lipinski definition) is 0. The molecule has 2 nitrogen and oxygen atoms in total.